The summed E-state index contributed by atoms with van der Waals surface area (Å²) in [6.07, 6.45) is 1.26. The summed E-state index contributed by atoms with van der Waals surface area (Å²) in [6.45, 7) is 8.72. The van der Waals surface area contributed by atoms with Gasteiger partial charge >= 0.3 is 12.1 Å². The van der Waals surface area contributed by atoms with Crippen LogP contribution in [0.5, 0.6) is 17.2 Å². The molecule has 2 aromatic carbocycles. The van der Waals surface area contributed by atoms with Crippen molar-refractivity contribution < 1.29 is 42.8 Å². The van der Waals surface area contributed by atoms with E-state index < -0.39 is 29.0 Å². The van der Waals surface area contributed by atoms with Crippen LogP contribution in [-0.4, -0.2) is 64.9 Å². The maximum atomic E-state index is 14.8. The molecule has 2 amide bonds. The van der Waals surface area contributed by atoms with Crippen LogP contribution in [0.15, 0.2) is 41.9 Å². The lowest BCUT2D eigenvalue weighted by Crippen LogP contribution is -2.54. The number of nitrogens with one attached hydrogen (secondary N) is 1. The number of amides is 2. The van der Waals surface area contributed by atoms with Gasteiger partial charge in [-0.1, -0.05) is 0 Å². The number of ether oxygens (including phenoxy) is 4. The van der Waals surface area contributed by atoms with Crippen LogP contribution in [0.25, 0.3) is 0 Å². The second kappa shape index (κ2) is 13.6. The van der Waals surface area contributed by atoms with Gasteiger partial charge in [0.25, 0.3) is 0 Å². The number of benzene rings is 2. The van der Waals surface area contributed by atoms with E-state index in [0.29, 0.717) is 17.1 Å². The Kier molecular flexibility index (Phi) is 10.1. The first-order chi connectivity index (χ1) is 20.8. The molecule has 0 spiro atoms. The number of esters is 1. The molecule has 2 heterocycles. The maximum absolute atomic E-state index is 14.8. The average Bonchev–Trinajstić information content (AvgIpc) is 3.44. The fourth-order valence-electron chi connectivity index (χ4n) is 4.91. The van der Waals surface area contributed by atoms with Crippen molar-refractivity contribution in [1.82, 2.24) is 9.88 Å². The van der Waals surface area contributed by atoms with Gasteiger partial charge in [0, 0.05) is 24.2 Å². The van der Waals surface area contributed by atoms with Crippen molar-refractivity contribution in [3.63, 3.8) is 0 Å². The number of rotatable bonds is 10. The molecule has 4 rings (SSSR count). The topological polar surface area (TPSA) is 137 Å². The van der Waals surface area contributed by atoms with Crippen molar-refractivity contribution >= 4 is 34.4 Å². The third kappa shape index (κ3) is 7.64. The van der Waals surface area contributed by atoms with Gasteiger partial charge in [-0.25, -0.2) is 19.0 Å². The first-order valence-corrected chi connectivity index (χ1v) is 15.0. The molecule has 1 atom stereocenters. The van der Waals surface area contributed by atoms with Crippen molar-refractivity contribution in [2.75, 3.05) is 31.7 Å². The second-order valence-corrected chi connectivity index (χ2v) is 12.1. The standard InChI is InChI=1S/C31H36FN3O8S/c1-6-40-27(38)21-8-7-20(16-23(21)32)42-25-17-22-19(15-24(25)41-13-12-36)9-11-35(29(39)43-30(2,3)4)31(22,5)18-26(37)34-28-33-10-14-44-28/h7-8,10,14-17,36H,6,9,11-13,18H2,1-5H3,(H,33,34,37)/t31-/m1/s1. The molecule has 0 saturated carbocycles. The van der Waals surface area contributed by atoms with Crippen LogP contribution >= 0.6 is 11.3 Å². The summed E-state index contributed by atoms with van der Waals surface area (Å²) in [4.78, 5) is 44.5. The molecule has 1 aliphatic rings. The predicted octanol–water partition coefficient (Wildman–Crippen LogP) is 5.66. The van der Waals surface area contributed by atoms with E-state index in [2.05, 4.69) is 10.3 Å². The van der Waals surface area contributed by atoms with Crippen molar-refractivity contribution in [2.24, 2.45) is 0 Å². The summed E-state index contributed by atoms with van der Waals surface area (Å²) < 4.78 is 37.3. The van der Waals surface area contributed by atoms with Gasteiger partial charge in [-0.05, 0) is 76.4 Å². The minimum Gasteiger partial charge on any atom is -0.487 e. The van der Waals surface area contributed by atoms with E-state index in [9.17, 15) is 23.9 Å². The predicted molar refractivity (Wildman–Crippen MR) is 161 cm³/mol. The Morgan fingerprint density at radius 1 is 1.18 bits per heavy atom. The summed E-state index contributed by atoms with van der Waals surface area (Å²) >= 11 is 1.27. The zero-order valence-corrected chi connectivity index (χ0v) is 26.1. The van der Waals surface area contributed by atoms with Gasteiger partial charge in [-0.15, -0.1) is 11.3 Å². The third-order valence-corrected chi connectivity index (χ3v) is 7.45. The highest BCUT2D eigenvalue weighted by molar-refractivity contribution is 7.13. The molecule has 0 fully saturated rings. The molecule has 0 bridgehead atoms. The molecule has 1 aliphatic heterocycles. The molecular formula is C31H36FN3O8S. The number of fused-ring (bicyclic) bond motifs is 1. The molecule has 1 aromatic heterocycles. The minimum absolute atomic E-state index is 0.0389. The molecule has 44 heavy (non-hydrogen) atoms. The Labute approximate surface area is 258 Å². The number of hydrogen-bond donors (Lipinski definition) is 2. The van der Waals surface area contributed by atoms with Gasteiger partial charge in [0.1, 0.15) is 23.8 Å². The van der Waals surface area contributed by atoms with Crippen LogP contribution in [0.4, 0.5) is 14.3 Å². The summed E-state index contributed by atoms with van der Waals surface area (Å²) in [6, 6.07) is 7.10. The highest BCUT2D eigenvalue weighted by Gasteiger charge is 2.45. The number of nitrogens with zero attached hydrogens (tertiary/aromatic N) is 2. The fourth-order valence-corrected chi connectivity index (χ4v) is 5.45. The number of halogens is 1. The molecule has 11 nitrogen and oxygen atoms in total. The van der Waals surface area contributed by atoms with Crippen LogP contribution < -0.4 is 14.8 Å². The summed E-state index contributed by atoms with van der Waals surface area (Å²) in [5, 5.41) is 14.4. The van der Waals surface area contributed by atoms with Crippen LogP contribution in [0, 0.1) is 5.82 Å². The lowest BCUT2D eigenvalue weighted by atomic mass is 9.79. The van der Waals surface area contributed by atoms with Crippen LogP contribution in [0.2, 0.25) is 0 Å². The van der Waals surface area contributed by atoms with Crippen LogP contribution in [0.1, 0.15) is 62.5 Å². The van der Waals surface area contributed by atoms with Crippen molar-refractivity contribution in [2.45, 2.75) is 58.6 Å². The van der Waals surface area contributed by atoms with Crippen molar-refractivity contribution in [3.8, 4) is 17.2 Å². The van der Waals surface area contributed by atoms with Gasteiger partial charge in [-0.3, -0.25) is 9.69 Å². The number of aromatic nitrogens is 1. The first-order valence-electron chi connectivity index (χ1n) is 14.1. The average molecular weight is 630 g/mol. The molecule has 0 saturated heterocycles. The number of carbonyl (C=O) groups is 3. The van der Waals surface area contributed by atoms with E-state index in [1.54, 1.807) is 58.3 Å². The van der Waals surface area contributed by atoms with Crippen molar-refractivity contribution in [1.29, 1.82) is 0 Å². The SMILES string of the molecule is CCOC(=O)c1ccc(Oc2cc3c(cc2OCCO)CCN(C(=O)OC(C)(C)C)[C@]3(C)CC(=O)Nc2nccs2)cc1F. The summed E-state index contributed by atoms with van der Waals surface area (Å²) in [7, 11) is 0. The molecular weight excluding hydrogens is 593 g/mol. The van der Waals surface area contributed by atoms with Gasteiger partial charge < -0.3 is 29.4 Å². The summed E-state index contributed by atoms with van der Waals surface area (Å²) in [5.41, 5.74) is -0.841. The maximum Gasteiger partial charge on any atom is 0.411 e. The zero-order valence-electron chi connectivity index (χ0n) is 25.3. The number of thiazole rings is 1. The largest absolute Gasteiger partial charge is 0.487 e. The first kappa shape index (κ1) is 32.7. The quantitative estimate of drug-likeness (QED) is 0.272. The van der Waals surface area contributed by atoms with Crippen LogP contribution in [0.3, 0.4) is 0 Å². The van der Waals surface area contributed by atoms with Crippen molar-refractivity contribution in [3.05, 3.63) is 64.4 Å². The molecule has 0 aliphatic carbocycles. The summed E-state index contributed by atoms with van der Waals surface area (Å²) in [5.74, 6) is -1.52. The second-order valence-electron chi connectivity index (χ2n) is 11.2. The van der Waals surface area contributed by atoms with E-state index in [1.165, 1.54) is 28.4 Å². The third-order valence-electron chi connectivity index (χ3n) is 6.76. The number of aliphatic hydroxyl groups is 1. The Hall–Kier alpha value is -4.23. The molecule has 13 heteroatoms. The number of hydrogen-bond acceptors (Lipinski definition) is 10. The number of aliphatic hydroxyl groups excluding tert-OH is 1. The Morgan fingerprint density at radius 3 is 2.59 bits per heavy atom. The van der Waals surface area contributed by atoms with Gasteiger partial charge in [0.2, 0.25) is 5.91 Å². The van der Waals surface area contributed by atoms with E-state index in [1.807, 2.05) is 0 Å². The molecule has 0 radical (unpaired) electrons. The van der Waals surface area contributed by atoms with Crippen LogP contribution in [-0.2, 0) is 26.2 Å². The number of carbonyl (C=O) groups excluding carboxylic acids is 3. The highest BCUT2D eigenvalue weighted by atomic mass is 32.1. The Balaban J connectivity index is 1.77. The Bertz CT molecular complexity index is 1510. The normalized spacial score (nSPS) is 16.1. The smallest absolute Gasteiger partial charge is 0.411 e. The molecule has 236 valence electrons. The monoisotopic (exact) mass is 629 g/mol. The lowest BCUT2D eigenvalue weighted by molar-refractivity contribution is -0.119. The minimum atomic E-state index is -1.20. The number of anilines is 1. The van der Waals surface area contributed by atoms with E-state index in [-0.39, 0.29) is 61.5 Å². The van der Waals surface area contributed by atoms with E-state index >= 15 is 0 Å². The van der Waals surface area contributed by atoms with E-state index in [0.717, 1.165) is 11.6 Å². The van der Waals surface area contributed by atoms with Gasteiger partial charge in [0.05, 0.1) is 30.7 Å². The highest BCUT2D eigenvalue weighted by Crippen LogP contribution is 2.45. The fraction of sp³-hybridized carbons (Fsp3) is 0.419. The van der Waals surface area contributed by atoms with E-state index in [4.69, 9.17) is 18.9 Å². The molecule has 0 unspecified atom stereocenters. The van der Waals surface area contributed by atoms with Gasteiger partial charge in [0.15, 0.2) is 16.6 Å². The Morgan fingerprint density at radius 2 is 1.95 bits per heavy atom. The lowest BCUT2D eigenvalue weighted by Gasteiger charge is -2.46. The molecule has 2 N–H and O–H groups in total. The molecule has 3 aromatic rings. The zero-order chi connectivity index (χ0) is 32.1. The van der Waals surface area contributed by atoms with Gasteiger partial charge in [-0.2, -0.15) is 0 Å².